The zero-order valence-corrected chi connectivity index (χ0v) is 21.9. The van der Waals surface area contributed by atoms with Gasteiger partial charge in [0.15, 0.2) is 5.82 Å². The second-order valence-electron chi connectivity index (χ2n) is 9.49. The first-order chi connectivity index (χ1) is 19.1. The molecule has 0 saturated carbocycles. The lowest BCUT2D eigenvalue weighted by molar-refractivity contribution is 0.254. The minimum atomic E-state index is -0.198. The van der Waals surface area contributed by atoms with Crippen molar-refractivity contribution in [3.63, 3.8) is 0 Å². The van der Waals surface area contributed by atoms with Crippen molar-refractivity contribution in [1.29, 1.82) is 0 Å². The van der Waals surface area contributed by atoms with Crippen LogP contribution in [0, 0.1) is 0 Å². The van der Waals surface area contributed by atoms with Crippen molar-refractivity contribution in [2.75, 3.05) is 0 Å². The number of thiazole rings is 1. The highest BCUT2D eigenvalue weighted by Gasteiger charge is 2.21. The van der Waals surface area contributed by atoms with Crippen molar-refractivity contribution in [3.05, 3.63) is 122 Å². The predicted molar refractivity (Wildman–Crippen MR) is 154 cm³/mol. The van der Waals surface area contributed by atoms with E-state index in [4.69, 9.17) is 9.84 Å². The molecule has 0 bridgehead atoms. The molecule has 6 aromatic rings. The zero-order chi connectivity index (χ0) is 26.3. The third-order valence-electron chi connectivity index (χ3n) is 6.64. The lowest BCUT2D eigenvalue weighted by Gasteiger charge is -2.04. The third kappa shape index (κ3) is 4.45. The molecule has 0 spiro atoms. The molecule has 1 aliphatic rings. The van der Waals surface area contributed by atoms with E-state index in [0.717, 1.165) is 40.2 Å². The quantitative estimate of drug-likeness (QED) is 0.313. The number of fused-ring (bicyclic) bond motifs is 2. The molecule has 0 amide bonds. The van der Waals surface area contributed by atoms with E-state index < -0.39 is 0 Å². The number of nitrogens with zero attached hydrogens (tertiary/aromatic N) is 5. The van der Waals surface area contributed by atoms with Crippen molar-refractivity contribution >= 4 is 34.5 Å². The number of ether oxygens (including phenoxy) is 1. The molecule has 0 unspecified atom stereocenters. The Morgan fingerprint density at radius 3 is 2.56 bits per heavy atom. The maximum Gasteiger partial charge on any atom is 0.291 e. The van der Waals surface area contributed by atoms with Gasteiger partial charge in [0, 0.05) is 23.7 Å². The van der Waals surface area contributed by atoms with Gasteiger partial charge in [0.25, 0.3) is 5.56 Å². The highest BCUT2D eigenvalue weighted by Crippen LogP contribution is 2.34. The fourth-order valence-corrected chi connectivity index (χ4v) is 5.70. The average molecular weight is 530 g/mol. The molecule has 3 aromatic heterocycles. The summed E-state index contributed by atoms with van der Waals surface area (Å²) in [5.74, 6) is 1.42. The van der Waals surface area contributed by atoms with Gasteiger partial charge in [0.05, 0.1) is 10.2 Å². The monoisotopic (exact) mass is 529 g/mol. The van der Waals surface area contributed by atoms with Crippen LogP contribution in [0.5, 0.6) is 5.75 Å². The molecular formula is C31H23N5O2S. The molecule has 3 aromatic carbocycles. The molecule has 8 heteroatoms. The lowest BCUT2D eigenvalue weighted by Crippen LogP contribution is -2.23. The minimum absolute atomic E-state index is 0.161. The summed E-state index contributed by atoms with van der Waals surface area (Å²) in [5, 5.41) is 9.36. The molecule has 0 aliphatic carbocycles. The van der Waals surface area contributed by atoms with Crippen LogP contribution in [0.15, 0.2) is 89.9 Å². The minimum Gasteiger partial charge on any atom is -0.490 e. The van der Waals surface area contributed by atoms with Gasteiger partial charge in [-0.25, -0.2) is 4.68 Å². The summed E-state index contributed by atoms with van der Waals surface area (Å²) < 4.78 is 9.67. The predicted octanol–water partition coefficient (Wildman–Crippen LogP) is 5.05. The number of hydrogen-bond acceptors (Lipinski definition) is 6. The van der Waals surface area contributed by atoms with E-state index in [2.05, 4.69) is 23.1 Å². The van der Waals surface area contributed by atoms with Gasteiger partial charge in [0.1, 0.15) is 17.5 Å². The zero-order valence-electron chi connectivity index (χ0n) is 21.1. The smallest absolute Gasteiger partial charge is 0.291 e. The van der Waals surface area contributed by atoms with Gasteiger partial charge in [-0.15, -0.1) is 5.10 Å². The van der Waals surface area contributed by atoms with E-state index in [-0.39, 0.29) is 11.7 Å². The van der Waals surface area contributed by atoms with E-state index in [1.165, 1.54) is 21.4 Å². The van der Waals surface area contributed by atoms with Crippen LogP contribution in [0.1, 0.15) is 29.4 Å². The highest BCUT2D eigenvalue weighted by atomic mass is 32.1. The molecule has 7 rings (SSSR count). The number of hydrogen-bond donors (Lipinski definition) is 0. The third-order valence-corrected chi connectivity index (χ3v) is 7.60. The van der Waals surface area contributed by atoms with Gasteiger partial charge in [-0.1, -0.05) is 65.9 Å². The molecular weight excluding hydrogens is 506 g/mol. The Hall–Kier alpha value is -4.82. The van der Waals surface area contributed by atoms with Gasteiger partial charge in [-0.3, -0.25) is 4.79 Å². The lowest BCUT2D eigenvalue weighted by atomic mass is 10.0. The summed E-state index contributed by atoms with van der Waals surface area (Å²) in [6.07, 6.45) is 8.62. The molecule has 190 valence electrons. The topological polar surface area (TPSA) is 74.3 Å². The van der Waals surface area contributed by atoms with E-state index in [1.807, 2.05) is 102 Å². The van der Waals surface area contributed by atoms with E-state index in [0.29, 0.717) is 15.3 Å². The van der Waals surface area contributed by atoms with Crippen LogP contribution < -0.4 is 14.8 Å². The summed E-state index contributed by atoms with van der Waals surface area (Å²) in [6.45, 7) is 2.07. The van der Waals surface area contributed by atoms with E-state index >= 15 is 0 Å². The number of benzene rings is 3. The fraction of sp³-hybridized carbons (Fsp3) is 0.0968. The van der Waals surface area contributed by atoms with E-state index in [9.17, 15) is 4.79 Å². The number of para-hydroxylation sites is 1. The van der Waals surface area contributed by atoms with Crippen LogP contribution in [-0.2, 0) is 6.42 Å². The molecule has 1 aliphatic heterocycles. The van der Waals surface area contributed by atoms with Crippen LogP contribution in [0.25, 0.3) is 40.1 Å². The van der Waals surface area contributed by atoms with Crippen molar-refractivity contribution < 1.29 is 4.74 Å². The summed E-state index contributed by atoms with van der Waals surface area (Å²) in [4.78, 5) is 18.4. The van der Waals surface area contributed by atoms with Crippen molar-refractivity contribution in [2.45, 2.75) is 19.4 Å². The Bertz CT molecular complexity index is 1960. The Morgan fingerprint density at radius 2 is 1.77 bits per heavy atom. The van der Waals surface area contributed by atoms with Crippen LogP contribution >= 0.6 is 11.3 Å². The Morgan fingerprint density at radius 1 is 0.974 bits per heavy atom. The summed E-state index contributed by atoms with van der Waals surface area (Å²) in [7, 11) is 0. The van der Waals surface area contributed by atoms with Crippen LogP contribution in [0.2, 0.25) is 0 Å². The van der Waals surface area contributed by atoms with Gasteiger partial charge < -0.3 is 4.74 Å². The van der Waals surface area contributed by atoms with E-state index in [1.54, 1.807) is 0 Å². The maximum atomic E-state index is 13.3. The first-order valence-electron chi connectivity index (χ1n) is 12.7. The van der Waals surface area contributed by atoms with Crippen molar-refractivity contribution in [3.8, 4) is 22.7 Å². The number of rotatable bonds is 5. The largest absolute Gasteiger partial charge is 0.490 e. The van der Waals surface area contributed by atoms with Crippen LogP contribution in [-0.4, -0.2) is 30.5 Å². The standard InChI is InChI=1S/C31H23N5O2S/c1-20-16-23-17-22(13-14-26(23)38-20)29-24(19-35(34-29)25-10-6-3-7-11-25)18-27-30(37)36-31(39-27)32-28(33-36)15-12-21-8-4-2-5-9-21/h2-15,17-20H,16H2,1H3/b15-12+,27-18-/t20-/m0/s1. The normalized spacial score (nSPS) is 15.3. The SMILES string of the molecule is C[C@H]1Cc2cc(-c3nn(-c4ccccc4)cc3/C=c3\sc4nc(/C=C/c5ccccc5)nn4c3=O)ccc2O1. The van der Waals surface area contributed by atoms with Gasteiger partial charge in [-0.05, 0) is 60.5 Å². The molecule has 0 N–H and O–H groups in total. The Labute approximate surface area is 228 Å². The van der Waals surface area contributed by atoms with Gasteiger partial charge in [0.2, 0.25) is 4.96 Å². The van der Waals surface area contributed by atoms with Crippen molar-refractivity contribution in [2.24, 2.45) is 0 Å². The molecule has 1 atom stereocenters. The molecule has 4 heterocycles. The second kappa shape index (κ2) is 9.49. The Balaban J connectivity index is 1.31. The second-order valence-corrected chi connectivity index (χ2v) is 10.5. The number of aromatic nitrogens is 5. The van der Waals surface area contributed by atoms with Gasteiger partial charge in [-0.2, -0.15) is 14.6 Å². The highest BCUT2D eigenvalue weighted by molar-refractivity contribution is 7.15. The van der Waals surface area contributed by atoms with Crippen LogP contribution in [0.4, 0.5) is 0 Å². The maximum absolute atomic E-state index is 13.3. The van der Waals surface area contributed by atoms with Crippen LogP contribution in [0.3, 0.4) is 0 Å². The van der Waals surface area contributed by atoms with Gasteiger partial charge >= 0.3 is 0 Å². The molecule has 0 saturated heterocycles. The first kappa shape index (κ1) is 23.3. The fourth-order valence-electron chi connectivity index (χ4n) is 4.80. The Kier molecular flexibility index (Phi) is 5.67. The summed E-state index contributed by atoms with van der Waals surface area (Å²) in [6, 6.07) is 26.0. The average Bonchev–Trinajstić information content (AvgIpc) is 3.72. The molecule has 0 radical (unpaired) electrons. The summed E-state index contributed by atoms with van der Waals surface area (Å²) in [5.41, 5.74) is 5.57. The molecule has 7 nitrogen and oxygen atoms in total. The molecule has 0 fully saturated rings. The summed E-state index contributed by atoms with van der Waals surface area (Å²) >= 11 is 1.32. The first-order valence-corrected chi connectivity index (χ1v) is 13.5. The van der Waals surface area contributed by atoms with Crippen molar-refractivity contribution in [1.82, 2.24) is 24.4 Å². The molecule has 39 heavy (non-hydrogen) atoms.